The van der Waals surface area contributed by atoms with Crippen molar-refractivity contribution in [1.29, 1.82) is 0 Å². The Labute approximate surface area is 118 Å². The molecule has 1 atom stereocenters. The Kier molecular flexibility index (Phi) is 3.82. The number of aromatic nitrogens is 4. The largest absolute Gasteiger partial charge is 0.360 e. The highest BCUT2D eigenvalue weighted by atomic mass is 16.5. The SMILES string of the molecule is CCc1nnc2n1C[C@@H](CNCc1cc(C)no1)CC2. The van der Waals surface area contributed by atoms with E-state index in [1.807, 2.05) is 13.0 Å². The summed E-state index contributed by atoms with van der Waals surface area (Å²) in [4.78, 5) is 0. The molecular formula is C14H21N5O. The van der Waals surface area contributed by atoms with E-state index in [4.69, 9.17) is 4.52 Å². The van der Waals surface area contributed by atoms with Crippen molar-refractivity contribution in [1.82, 2.24) is 25.2 Å². The summed E-state index contributed by atoms with van der Waals surface area (Å²) in [6.07, 6.45) is 3.15. The molecule has 2 aromatic rings. The zero-order valence-electron chi connectivity index (χ0n) is 12.1. The lowest BCUT2D eigenvalue weighted by Gasteiger charge is -2.24. The van der Waals surface area contributed by atoms with Crippen molar-refractivity contribution in [3.63, 3.8) is 0 Å². The third kappa shape index (κ3) is 2.75. The number of nitrogens with zero attached hydrogens (tertiary/aromatic N) is 4. The van der Waals surface area contributed by atoms with Gasteiger partial charge in [-0.15, -0.1) is 10.2 Å². The highest BCUT2D eigenvalue weighted by Crippen LogP contribution is 2.19. The van der Waals surface area contributed by atoms with Crippen LogP contribution in [0.3, 0.4) is 0 Å². The number of aryl methyl sites for hydroxylation is 3. The van der Waals surface area contributed by atoms with Crippen LogP contribution in [0.25, 0.3) is 0 Å². The van der Waals surface area contributed by atoms with Crippen LogP contribution in [0.4, 0.5) is 0 Å². The number of nitrogens with one attached hydrogen (secondary N) is 1. The Morgan fingerprint density at radius 2 is 2.35 bits per heavy atom. The summed E-state index contributed by atoms with van der Waals surface area (Å²) < 4.78 is 7.48. The van der Waals surface area contributed by atoms with Crippen LogP contribution >= 0.6 is 0 Å². The van der Waals surface area contributed by atoms with E-state index in [1.165, 1.54) is 6.42 Å². The zero-order valence-corrected chi connectivity index (χ0v) is 12.1. The van der Waals surface area contributed by atoms with Crippen LogP contribution < -0.4 is 5.32 Å². The molecule has 0 aliphatic carbocycles. The van der Waals surface area contributed by atoms with Crippen molar-refractivity contribution in [2.75, 3.05) is 6.54 Å². The van der Waals surface area contributed by atoms with Crippen molar-refractivity contribution in [3.05, 3.63) is 29.2 Å². The smallest absolute Gasteiger partial charge is 0.150 e. The molecule has 3 rings (SSSR count). The first kappa shape index (κ1) is 13.3. The van der Waals surface area contributed by atoms with Gasteiger partial charge in [0.25, 0.3) is 0 Å². The maximum absolute atomic E-state index is 5.20. The first-order valence-corrected chi connectivity index (χ1v) is 7.30. The first-order chi connectivity index (χ1) is 9.76. The molecule has 6 heteroatoms. The van der Waals surface area contributed by atoms with E-state index >= 15 is 0 Å². The second-order valence-electron chi connectivity index (χ2n) is 5.47. The first-order valence-electron chi connectivity index (χ1n) is 7.30. The van der Waals surface area contributed by atoms with E-state index in [-0.39, 0.29) is 0 Å². The molecule has 1 aliphatic rings. The third-order valence-electron chi connectivity index (χ3n) is 3.85. The summed E-state index contributed by atoms with van der Waals surface area (Å²) in [6.45, 7) is 6.82. The average molecular weight is 275 g/mol. The summed E-state index contributed by atoms with van der Waals surface area (Å²) in [5, 5.41) is 15.9. The normalized spacial score (nSPS) is 18.2. The molecule has 0 unspecified atom stereocenters. The lowest BCUT2D eigenvalue weighted by atomic mass is 9.99. The minimum atomic E-state index is 0.632. The van der Waals surface area contributed by atoms with Gasteiger partial charge in [0, 0.05) is 32.0 Å². The van der Waals surface area contributed by atoms with Crippen molar-refractivity contribution < 1.29 is 4.52 Å². The molecule has 0 radical (unpaired) electrons. The fourth-order valence-electron chi connectivity index (χ4n) is 2.78. The van der Waals surface area contributed by atoms with Crippen LogP contribution in [0.15, 0.2) is 10.6 Å². The second-order valence-corrected chi connectivity index (χ2v) is 5.47. The molecule has 0 bridgehead atoms. The van der Waals surface area contributed by atoms with Gasteiger partial charge in [0.05, 0.1) is 12.2 Å². The molecule has 0 amide bonds. The van der Waals surface area contributed by atoms with E-state index in [0.29, 0.717) is 5.92 Å². The third-order valence-corrected chi connectivity index (χ3v) is 3.85. The average Bonchev–Trinajstić information content (AvgIpc) is 3.04. The number of hydrogen-bond acceptors (Lipinski definition) is 5. The molecule has 1 N–H and O–H groups in total. The molecule has 3 heterocycles. The predicted octanol–water partition coefficient (Wildman–Crippen LogP) is 1.49. The van der Waals surface area contributed by atoms with E-state index < -0.39 is 0 Å². The summed E-state index contributed by atoms with van der Waals surface area (Å²) in [7, 11) is 0. The molecule has 0 fully saturated rings. The van der Waals surface area contributed by atoms with E-state index in [1.54, 1.807) is 0 Å². The molecule has 0 spiro atoms. The van der Waals surface area contributed by atoms with Gasteiger partial charge < -0.3 is 14.4 Å². The van der Waals surface area contributed by atoms with Gasteiger partial charge in [-0.05, 0) is 19.3 Å². The van der Waals surface area contributed by atoms with Crippen LogP contribution in [0.2, 0.25) is 0 Å². The number of rotatable bonds is 5. The fraction of sp³-hybridized carbons (Fsp3) is 0.643. The highest BCUT2D eigenvalue weighted by Gasteiger charge is 2.21. The van der Waals surface area contributed by atoms with Crippen molar-refractivity contribution in [2.24, 2.45) is 5.92 Å². The van der Waals surface area contributed by atoms with Gasteiger partial charge in [0.15, 0.2) is 5.76 Å². The Hall–Kier alpha value is -1.69. The Bertz CT molecular complexity index is 560. The van der Waals surface area contributed by atoms with E-state index in [2.05, 4.69) is 32.2 Å². The maximum atomic E-state index is 5.20. The topological polar surface area (TPSA) is 68.8 Å². The van der Waals surface area contributed by atoms with Gasteiger partial charge in [-0.2, -0.15) is 0 Å². The molecule has 0 saturated carbocycles. The number of hydrogen-bond donors (Lipinski definition) is 1. The molecule has 0 aromatic carbocycles. The summed E-state index contributed by atoms with van der Waals surface area (Å²) >= 11 is 0. The van der Waals surface area contributed by atoms with Crippen LogP contribution in [0.1, 0.15) is 36.4 Å². The van der Waals surface area contributed by atoms with Crippen molar-refractivity contribution in [3.8, 4) is 0 Å². The van der Waals surface area contributed by atoms with Gasteiger partial charge in [0.1, 0.15) is 11.6 Å². The minimum absolute atomic E-state index is 0.632. The molecule has 1 aliphatic heterocycles. The highest BCUT2D eigenvalue weighted by molar-refractivity contribution is 5.03. The Morgan fingerprint density at radius 3 is 3.10 bits per heavy atom. The van der Waals surface area contributed by atoms with Crippen LogP contribution in [0.5, 0.6) is 0 Å². The lowest BCUT2D eigenvalue weighted by molar-refractivity contribution is 0.326. The summed E-state index contributed by atoms with van der Waals surface area (Å²) in [6, 6.07) is 1.97. The minimum Gasteiger partial charge on any atom is -0.360 e. The molecular weight excluding hydrogens is 254 g/mol. The van der Waals surface area contributed by atoms with E-state index in [0.717, 1.165) is 55.6 Å². The molecule has 108 valence electrons. The molecule has 20 heavy (non-hydrogen) atoms. The van der Waals surface area contributed by atoms with Gasteiger partial charge in [-0.3, -0.25) is 0 Å². The van der Waals surface area contributed by atoms with Crippen LogP contribution in [-0.2, 0) is 25.9 Å². The van der Waals surface area contributed by atoms with Gasteiger partial charge >= 0.3 is 0 Å². The van der Waals surface area contributed by atoms with Gasteiger partial charge in [0.2, 0.25) is 0 Å². The summed E-state index contributed by atoms with van der Waals surface area (Å²) in [5.74, 6) is 3.78. The lowest BCUT2D eigenvalue weighted by Crippen LogP contribution is -2.30. The number of fused-ring (bicyclic) bond motifs is 1. The molecule has 2 aromatic heterocycles. The maximum Gasteiger partial charge on any atom is 0.150 e. The van der Waals surface area contributed by atoms with Crippen LogP contribution in [0, 0.1) is 12.8 Å². The summed E-state index contributed by atoms with van der Waals surface area (Å²) in [5.41, 5.74) is 0.932. The predicted molar refractivity (Wildman–Crippen MR) is 74.2 cm³/mol. The Balaban J connectivity index is 1.52. The van der Waals surface area contributed by atoms with Crippen molar-refractivity contribution >= 4 is 0 Å². The quantitative estimate of drug-likeness (QED) is 0.895. The second kappa shape index (κ2) is 5.75. The fourth-order valence-corrected chi connectivity index (χ4v) is 2.78. The standard InChI is InChI=1S/C14H21N5O/c1-3-13-16-17-14-5-4-11(9-19(13)14)7-15-8-12-6-10(2)18-20-12/h6,11,15H,3-5,7-9H2,1-2H3/t11-/m1/s1. The van der Waals surface area contributed by atoms with Crippen LogP contribution in [-0.4, -0.2) is 26.5 Å². The molecule has 6 nitrogen and oxygen atoms in total. The van der Waals surface area contributed by atoms with Crippen molar-refractivity contribution in [2.45, 2.75) is 46.2 Å². The zero-order chi connectivity index (χ0) is 13.9. The monoisotopic (exact) mass is 275 g/mol. The van der Waals surface area contributed by atoms with Gasteiger partial charge in [-0.25, -0.2) is 0 Å². The van der Waals surface area contributed by atoms with Gasteiger partial charge in [-0.1, -0.05) is 12.1 Å². The molecule has 0 saturated heterocycles. The Morgan fingerprint density at radius 1 is 1.45 bits per heavy atom. The van der Waals surface area contributed by atoms with E-state index in [9.17, 15) is 0 Å².